The van der Waals surface area contributed by atoms with Crippen LogP contribution in [0.25, 0.3) is 0 Å². The molecule has 1 aromatic carbocycles. The highest BCUT2D eigenvalue weighted by molar-refractivity contribution is 6.17. The first-order chi connectivity index (χ1) is 20.7. The number of esters is 1. The minimum Gasteiger partial charge on any atom is -0.494 e. The zero-order valence-electron chi connectivity index (χ0n) is 27.4. The molecule has 0 aliphatic carbocycles. The van der Waals surface area contributed by atoms with Gasteiger partial charge in [-0.1, -0.05) is 148 Å². The van der Waals surface area contributed by atoms with Crippen LogP contribution in [0.2, 0.25) is 0 Å². The number of alkyl halides is 1. The fraction of sp³-hybridized carbons (Fsp3) is 0.763. The molecule has 0 amide bonds. The summed E-state index contributed by atoms with van der Waals surface area (Å²) in [5.41, 5.74) is 2.22. The highest BCUT2D eigenvalue weighted by Gasteiger charge is 2.04. The lowest BCUT2D eigenvalue weighted by molar-refractivity contribution is -0.142. The average Bonchev–Trinajstić information content (AvgIpc) is 2.99. The molecule has 0 N–H and O–H groups in total. The molecule has 0 saturated carbocycles. The third kappa shape index (κ3) is 23.9. The van der Waals surface area contributed by atoms with Gasteiger partial charge in [-0.15, -0.1) is 11.6 Å². The van der Waals surface area contributed by atoms with Crippen LogP contribution in [0, 0.1) is 11.8 Å². The highest BCUT2D eigenvalue weighted by atomic mass is 35.5. The van der Waals surface area contributed by atoms with Crippen molar-refractivity contribution in [3.63, 3.8) is 0 Å². The Hall–Kier alpha value is -1.66. The van der Waals surface area contributed by atoms with Crippen molar-refractivity contribution in [2.24, 2.45) is 0 Å². The quantitative estimate of drug-likeness (QED) is 0.0414. The van der Waals surface area contributed by atoms with E-state index in [1.54, 1.807) is 0 Å². The third-order valence-electron chi connectivity index (χ3n) is 7.85. The van der Waals surface area contributed by atoms with E-state index in [2.05, 4.69) is 37.8 Å². The Balaban J connectivity index is 2.42. The molecule has 0 spiro atoms. The second-order valence-electron chi connectivity index (χ2n) is 11.9. The normalized spacial score (nSPS) is 10.8. The lowest BCUT2D eigenvalue weighted by atomic mass is 10.0. The van der Waals surface area contributed by atoms with Gasteiger partial charge >= 0.3 is 5.97 Å². The summed E-state index contributed by atoms with van der Waals surface area (Å²) in [6, 6.07) is 6.40. The van der Waals surface area contributed by atoms with Gasteiger partial charge in [-0.05, 0) is 49.4 Å². The highest BCUT2D eigenvalue weighted by Crippen LogP contribution is 2.20. The predicted molar refractivity (Wildman–Crippen MR) is 182 cm³/mol. The van der Waals surface area contributed by atoms with Gasteiger partial charge in [0.2, 0.25) is 0 Å². The average molecular weight is 603 g/mol. The number of hydrogen-bond acceptors (Lipinski definition) is 3. The molecule has 3 nitrogen and oxygen atoms in total. The predicted octanol–water partition coefficient (Wildman–Crippen LogP) is 11.8. The molecule has 240 valence electrons. The summed E-state index contributed by atoms with van der Waals surface area (Å²) < 4.78 is 11.4. The van der Waals surface area contributed by atoms with Crippen LogP contribution in [-0.2, 0) is 16.0 Å². The fourth-order valence-corrected chi connectivity index (χ4v) is 5.41. The van der Waals surface area contributed by atoms with Crippen molar-refractivity contribution in [1.29, 1.82) is 0 Å². The van der Waals surface area contributed by atoms with Gasteiger partial charge in [-0.3, -0.25) is 4.79 Å². The van der Waals surface area contributed by atoms with Crippen molar-refractivity contribution < 1.29 is 14.3 Å². The second-order valence-corrected chi connectivity index (χ2v) is 12.3. The van der Waals surface area contributed by atoms with E-state index in [0.717, 1.165) is 30.8 Å². The van der Waals surface area contributed by atoms with Crippen LogP contribution in [0.15, 0.2) is 18.2 Å². The van der Waals surface area contributed by atoms with E-state index in [9.17, 15) is 4.79 Å². The topological polar surface area (TPSA) is 35.5 Å². The molecule has 0 saturated heterocycles. The Bertz CT molecular complexity index is 825. The van der Waals surface area contributed by atoms with Gasteiger partial charge in [0.15, 0.2) is 6.61 Å². The molecule has 1 rings (SSSR count). The number of unbranched alkanes of at least 4 members (excludes halogenated alkanes) is 19. The number of halogens is 1. The van der Waals surface area contributed by atoms with Crippen LogP contribution in [-0.4, -0.2) is 25.1 Å². The maximum Gasteiger partial charge on any atom is 0.306 e. The Morgan fingerprint density at radius 2 is 1.19 bits per heavy atom. The summed E-state index contributed by atoms with van der Waals surface area (Å²) in [7, 11) is 0. The van der Waals surface area contributed by atoms with E-state index in [1.807, 2.05) is 6.07 Å². The second kappa shape index (κ2) is 29.4. The SMILES string of the molecule is CCCCCCCCCCCCCCCc1cc(C#CCOC(=O)CCCCl)cc(OCCCCCCCCCC)c1. The summed E-state index contributed by atoms with van der Waals surface area (Å²) in [5.74, 6) is 7.33. The first-order valence-corrected chi connectivity index (χ1v) is 18.2. The van der Waals surface area contributed by atoms with Gasteiger partial charge in [0.05, 0.1) is 6.61 Å². The van der Waals surface area contributed by atoms with Gasteiger partial charge in [-0.2, -0.15) is 0 Å². The molecule has 0 bridgehead atoms. The van der Waals surface area contributed by atoms with Crippen molar-refractivity contribution in [1.82, 2.24) is 0 Å². The number of benzene rings is 1. The van der Waals surface area contributed by atoms with Gasteiger partial charge in [-0.25, -0.2) is 0 Å². The van der Waals surface area contributed by atoms with Crippen LogP contribution in [0.1, 0.15) is 173 Å². The summed E-state index contributed by atoms with van der Waals surface area (Å²) in [4.78, 5) is 11.7. The van der Waals surface area contributed by atoms with Crippen molar-refractivity contribution in [2.75, 3.05) is 19.1 Å². The van der Waals surface area contributed by atoms with E-state index in [-0.39, 0.29) is 12.6 Å². The van der Waals surface area contributed by atoms with Gasteiger partial charge in [0, 0.05) is 17.9 Å². The number of carbonyl (C=O) groups is 1. The number of rotatable bonds is 28. The molecular formula is C38H63ClO3. The van der Waals surface area contributed by atoms with E-state index >= 15 is 0 Å². The van der Waals surface area contributed by atoms with Crippen molar-refractivity contribution >= 4 is 17.6 Å². The molecule has 0 aliphatic rings. The lowest BCUT2D eigenvalue weighted by Gasteiger charge is -2.10. The minimum atomic E-state index is -0.240. The molecule has 0 atom stereocenters. The molecule has 0 radical (unpaired) electrons. The Morgan fingerprint density at radius 1 is 0.667 bits per heavy atom. The number of aryl methyl sites for hydroxylation is 1. The van der Waals surface area contributed by atoms with Crippen molar-refractivity contribution in [3.05, 3.63) is 29.3 Å². The number of carbonyl (C=O) groups excluding carboxylic acids is 1. The van der Waals surface area contributed by atoms with E-state index in [1.165, 1.54) is 134 Å². The Labute approximate surface area is 265 Å². The van der Waals surface area contributed by atoms with Crippen LogP contribution >= 0.6 is 11.6 Å². The molecule has 0 aromatic heterocycles. The summed E-state index contributed by atoms with van der Waals surface area (Å²) >= 11 is 5.65. The largest absolute Gasteiger partial charge is 0.494 e. The van der Waals surface area contributed by atoms with E-state index < -0.39 is 0 Å². The molecule has 1 aromatic rings. The van der Waals surface area contributed by atoms with Crippen molar-refractivity contribution in [2.45, 2.75) is 168 Å². The van der Waals surface area contributed by atoms with Gasteiger partial charge in [0.25, 0.3) is 0 Å². The molecular weight excluding hydrogens is 540 g/mol. The van der Waals surface area contributed by atoms with Gasteiger partial charge < -0.3 is 9.47 Å². The molecule has 0 fully saturated rings. The molecule has 0 unspecified atom stereocenters. The third-order valence-corrected chi connectivity index (χ3v) is 8.12. The molecule has 4 heteroatoms. The van der Waals surface area contributed by atoms with Crippen LogP contribution < -0.4 is 4.74 Å². The first kappa shape index (κ1) is 38.4. The first-order valence-electron chi connectivity index (χ1n) is 17.7. The smallest absolute Gasteiger partial charge is 0.306 e. The van der Waals surface area contributed by atoms with Gasteiger partial charge in [0.1, 0.15) is 5.75 Å². The lowest BCUT2D eigenvalue weighted by Crippen LogP contribution is -2.04. The Morgan fingerprint density at radius 3 is 1.74 bits per heavy atom. The Kier molecular flexibility index (Phi) is 26.9. The zero-order valence-corrected chi connectivity index (χ0v) is 28.2. The monoisotopic (exact) mass is 602 g/mol. The summed E-state index contributed by atoms with van der Waals surface area (Å²) in [6.45, 7) is 5.41. The van der Waals surface area contributed by atoms with Crippen LogP contribution in [0.4, 0.5) is 0 Å². The zero-order chi connectivity index (χ0) is 30.4. The van der Waals surface area contributed by atoms with Crippen LogP contribution in [0.5, 0.6) is 5.75 Å². The minimum absolute atomic E-state index is 0.110. The number of hydrogen-bond donors (Lipinski definition) is 0. The maximum atomic E-state index is 11.7. The standard InChI is InChI=1S/C38H63ClO3/c1-3-5-7-9-11-13-14-15-16-17-18-20-22-26-35-32-36(27-25-31-42-38(40)28-24-29-39)34-37(33-35)41-30-23-21-19-12-10-8-6-4-2/h32-34H,3-24,26,28-31H2,1-2H3. The van der Waals surface area contributed by atoms with E-state index in [4.69, 9.17) is 21.1 Å². The molecule has 42 heavy (non-hydrogen) atoms. The summed E-state index contributed by atoms with van der Waals surface area (Å²) in [6.07, 6.45) is 30.2. The number of ether oxygens (including phenoxy) is 2. The summed E-state index contributed by atoms with van der Waals surface area (Å²) in [5, 5.41) is 0. The molecule has 0 aliphatic heterocycles. The molecule has 0 heterocycles. The van der Waals surface area contributed by atoms with Crippen LogP contribution in [0.3, 0.4) is 0 Å². The maximum absolute atomic E-state index is 11.7. The fourth-order valence-electron chi connectivity index (χ4n) is 5.27. The van der Waals surface area contributed by atoms with Crippen molar-refractivity contribution in [3.8, 4) is 17.6 Å². The van der Waals surface area contributed by atoms with E-state index in [0.29, 0.717) is 18.7 Å².